The van der Waals surface area contributed by atoms with Crippen molar-refractivity contribution in [2.24, 2.45) is 11.1 Å². The van der Waals surface area contributed by atoms with Gasteiger partial charge in [0, 0.05) is 41.7 Å². The van der Waals surface area contributed by atoms with E-state index in [0.717, 1.165) is 28.8 Å². The first-order valence-corrected chi connectivity index (χ1v) is 6.54. The van der Waals surface area contributed by atoms with Crippen LogP contribution in [0.3, 0.4) is 0 Å². The molecule has 0 saturated heterocycles. The lowest BCUT2D eigenvalue weighted by atomic mass is 9.97. The third kappa shape index (κ3) is 3.38. The summed E-state index contributed by atoms with van der Waals surface area (Å²) < 4.78 is 0. The minimum atomic E-state index is -0.465. The molecule has 2 rings (SSSR count). The van der Waals surface area contributed by atoms with Gasteiger partial charge in [0.2, 0.25) is 5.91 Å². The predicted molar refractivity (Wildman–Crippen MR) is 82.3 cm³/mol. The summed E-state index contributed by atoms with van der Waals surface area (Å²) in [6.45, 7) is 7.35. The Bertz CT molecular complexity index is 649. The molecular formula is C15H20N4O. The number of H-pyrrole nitrogens is 1. The Morgan fingerprint density at radius 2 is 2.25 bits per heavy atom. The Kier molecular flexibility index (Phi) is 3.79. The van der Waals surface area contributed by atoms with Crippen LogP contribution < -0.4 is 11.1 Å². The molecule has 0 aliphatic rings. The van der Waals surface area contributed by atoms with E-state index in [0.29, 0.717) is 0 Å². The number of nitrogens with zero attached hydrogens (tertiary/aromatic N) is 1. The largest absolute Gasteiger partial charge is 0.384 e. The topological polar surface area (TPSA) is 83.8 Å². The number of aromatic amines is 1. The zero-order valence-electron chi connectivity index (χ0n) is 12.0. The monoisotopic (exact) mass is 272 g/mol. The molecule has 0 saturated carbocycles. The van der Waals surface area contributed by atoms with Crippen LogP contribution in [0.2, 0.25) is 0 Å². The van der Waals surface area contributed by atoms with E-state index in [4.69, 9.17) is 5.73 Å². The average molecular weight is 272 g/mol. The maximum absolute atomic E-state index is 10.9. The second-order valence-corrected chi connectivity index (χ2v) is 5.98. The Labute approximate surface area is 118 Å². The maximum atomic E-state index is 10.9. The number of rotatable bonds is 4. The highest BCUT2D eigenvalue weighted by Crippen LogP contribution is 2.27. The number of carbonyl (C=O) groups excluding carboxylic acids is 1. The van der Waals surface area contributed by atoms with Gasteiger partial charge in [-0.1, -0.05) is 20.8 Å². The van der Waals surface area contributed by atoms with Crippen LogP contribution in [0.15, 0.2) is 24.5 Å². The van der Waals surface area contributed by atoms with E-state index in [-0.39, 0.29) is 5.41 Å². The molecule has 20 heavy (non-hydrogen) atoms. The van der Waals surface area contributed by atoms with Gasteiger partial charge < -0.3 is 16.0 Å². The number of pyridine rings is 1. The second kappa shape index (κ2) is 5.36. The molecule has 2 aromatic heterocycles. The van der Waals surface area contributed by atoms with Crippen molar-refractivity contribution >= 4 is 28.7 Å². The number of hydrogen-bond acceptors (Lipinski definition) is 3. The fourth-order valence-corrected chi connectivity index (χ4v) is 1.89. The molecule has 0 radical (unpaired) electrons. The zero-order chi connectivity index (χ0) is 14.8. The van der Waals surface area contributed by atoms with Crippen LogP contribution in [0.5, 0.6) is 0 Å². The van der Waals surface area contributed by atoms with Gasteiger partial charge in [0.25, 0.3) is 0 Å². The van der Waals surface area contributed by atoms with Gasteiger partial charge in [0.1, 0.15) is 5.65 Å². The van der Waals surface area contributed by atoms with Crippen LogP contribution >= 0.6 is 0 Å². The first-order chi connectivity index (χ1) is 9.37. The molecule has 0 spiro atoms. The Hall–Kier alpha value is -2.30. The van der Waals surface area contributed by atoms with E-state index in [9.17, 15) is 4.79 Å². The quantitative estimate of drug-likeness (QED) is 0.748. The lowest BCUT2D eigenvalue weighted by molar-refractivity contribution is -0.113. The molecule has 5 heteroatoms. The van der Waals surface area contributed by atoms with E-state index in [1.54, 1.807) is 12.3 Å². The van der Waals surface area contributed by atoms with Crippen LogP contribution in [0.1, 0.15) is 26.3 Å². The summed E-state index contributed by atoms with van der Waals surface area (Å²) in [5.41, 5.74) is 7.99. The number of fused-ring (bicyclic) bond motifs is 1. The lowest BCUT2D eigenvalue weighted by Crippen LogP contribution is -2.19. The van der Waals surface area contributed by atoms with Crippen molar-refractivity contribution in [3.05, 3.63) is 30.1 Å². The van der Waals surface area contributed by atoms with Crippen molar-refractivity contribution in [2.45, 2.75) is 20.8 Å². The van der Waals surface area contributed by atoms with Crippen LogP contribution in [-0.4, -0.2) is 22.4 Å². The summed E-state index contributed by atoms with van der Waals surface area (Å²) in [6, 6.07) is 1.93. The van der Waals surface area contributed by atoms with Gasteiger partial charge in [0.05, 0.1) is 0 Å². The van der Waals surface area contributed by atoms with Gasteiger partial charge in [-0.25, -0.2) is 4.98 Å². The van der Waals surface area contributed by atoms with Gasteiger partial charge in [-0.2, -0.15) is 0 Å². The van der Waals surface area contributed by atoms with Crippen molar-refractivity contribution in [1.82, 2.24) is 9.97 Å². The van der Waals surface area contributed by atoms with E-state index >= 15 is 0 Å². The summed E-state index contributed by atoms with van der Waals surface area (Å²) in [7, 11) is 0. The molecule has 5 nitrogen and oxygen atoms in total. The number of carbonyl (C=O) groups is 1. The van der Waals surface area contributed by atoms with Gasteiger partial charge in [0.15, 0.2) is 0 Å². The van der Waals surface area contributed by atoms with E-state index in [1.807, 2.05) is 12.3 Å². The minimum Gasteiger partial charge on any atom is -0.384 e. The molecule has 4 N–H and O–H groups in total. The molecule has 0 aliphatic heterocycles. The Morgan fingerprint density at radius 1 is 1.50 bits per heavy atom. The maximum Gasteiger partial charge on any atom is 0.241 e. The highest BCUT2D eigenvalue weighted by molar-refractivity contribution is 5.99. The third-order valence-electron chi connectivity index (χ3n) is 2.84. The van der Waals surface area contributed by atoms with E-state index < -0.39 is 5.91 Å². The van der Waals surface area contributed by atoms with Crippen molar-refractivity contribution in [1.29, 1.82) is 0 Å². The van der Waals surface area contributed by atoms with Crippen LogP contribution in [-0.2, 0) is 4.79 Å². The third-order valence-corrected chi connectivity index (χ3v) is 2.84. The molecule has 0 bridgehead atoms. The molecule has 2 aromatic rings. The molecule has 0 aliphatic carbocycles. The summed E-state index contributed by atoms with van der Waals surface area (Å²) in [5.74, 6) is -0.465. The zero-order valence-corrected chi connectivity index (χ0v) is 12.0. The Balaban J connectivity index is 2.39. The molecule has 0 unspecified atom stereocenters. The van der Waals surface area contributed by atoms with Gasteiger partial charge >= 0.3 is 0 Å². The lowest BCUT2D eigenvalue weighted by Gasteiger charge is -2.20. The number of amides is 1. The van der Waals surface area contributed by atoms with E-state index in [2.05, 4.69) is 36.1 Å². The van der Waals surface area contributed by atoms with Crippen molar-refractivity contribution in [2.75, 3.05) is 11.9 Å². The number of anilines is 1. The van der Waals surface area contributed by atoms with Gasteiger partial charge in [-0.05, 0) is 17.6 Å². The second-order valence-electron chi connectivity index (χ2n) is 5.98. The molecule has 0 atom stereocenters. The smallest absolute Gasteiger partial charge is 0.241 e. The number of nitrogens with two attached hydrogens (primary N) is 1. The molecule has 0 aromatic carbocycles. The standard InChI is InChI=1S/C15H20N4O/c1-15(2,3)9-19-11-6-7-17-14-13(11)10(8-18-14)4-5-12(16)20/h4-8H,9H2,1-3H3,(H2,16,20)(H2,17,18,19)/b5-4+. The van der Waals surface area contributed by atoms with Gasteiger partial charge in [-0.15, -0.1) is 0 Å². The molecule has 0 fully saturated rings. The summed E-state index contributed by atoms with van der Waals surface area (Å²) in [4.78, 5) is 18.3. The fraction of sp³-hybridized carbons (Fsp3) is 0.333. The molecular weight excluding hydrogens is 252 g/mol. The van der Waals surface area contributed by atoms with Gasteiger partial charge in [-0.3, -0.25) is 4.79 Å². The van der Waals surface area contributed by atoms with Crippen molar-refractivity contribution < 1.29 is 4.79 Å². The highest BCUT2D eigenvalue weighted by Gasteiger charge is 2.12. The molecule has 106 valence electrons. The number of aromatic nitrogens is 2. The molecule has 1 amide bonds. The van der Waals surface area contributed by atoms with E-state index in [1.165, 1.54) is 6.08 Å². The number of hydrogen-bond donors (Lipinski definition) is 3. The van der Waals surface area contributed by atoms with Crippen LogP contribution in [0, 0.1) is 5.41 Å². The summed E-state index contributed by atoms with van der Waals surface area (Å²) in [5, 5.41) is 4.40. The normalized spacial score (nSPS) is 12.2. The number of nitrogens with one attached hydrogen (secondary N) is 2. The van der Waals surface area contributed by atoms with Crippen molar-refractivity contribution in [3.63, 3.8) is 0 Å². The van der Waals surface area contributed by atoms with Crippen LogP contribution in [0.25, 0.3) is 17.1 Å². The Morgan fingerprint density at radius 3 is 2.90 bits per heavy atom. The van der Waals surface area contributed by atoms with Crippen molar-refractivity contribution in [3.8, 4) is 0 Å². The number of primary amides is 1. The first-order valence-electron chi connectivity index (χ1n) is 6.54. The summed E-state index contributed by atoms with van der Waals surface area (Å²) >= 11 is 0. The van der Waals surface area contributed by atoms with Crippen LogP contribution in [0.4, 0.5) is 5.69 Å². The fourth-order valence-electron chi connectivity index (χ4n) is 1.89. The molecule has 2 heterocycles. The summed E-state index contributed by atoms with van der Waals surface area (Å²) in [6.07, 6.45) is 6.62. The SMILES string of the molecule is CC(C)(C)CNc1ccnc2[nH]cc(/C=C/C(N)=O)c12. The highest BCUT2D eigenvalue weighted by atomic mass is 16.1. The predicted octanol–water partition coefficient (Wildman–Crippen LogP) is 2.52. The minimum absolute atomic E-state index is 0.176. The average Bonchev–Trinajstić information content (AvgIpc) is 2.76. The first kappa shape index (κ1) is 14.1.